The molecule has 8 heteroatoms. The molecule has 146 valence electrons. The lowest BCUT2D eigenvalue weighted by molar-refractivity contribution is -0.356. The van der Waals surface area contributed by atoms with E-state index < -0.39 is 61.7 Å². The van der Waals surface area contributed by atoms with E-state index in [-0.39, 0.29) is 5.57 Å². The topological polar surface area (TPSA) is 162 Å². The Hall–Kier alpha value is -1.36. The maximum atomic E-state index is 10.9. The third-order valence-corrected chi connectivity index (χ3v) is 5.94. The highest BCUT2D eigenvalue weighted by Gasteiger charge is 2.72. The van der Waals surface area contributed by atoms with Gasteiger partial charge in [0.15, 0.2) is 5.79 Å². The van der Waals surface area contributed by atoms with Crippen molar-refractivity contribution in [2.24, 2.45) is 16.2 Å². The first-order valence-corrected chi connectivity index (χ1v) is 8.20. The van der Waals surface area contributed by atoms with E-state index in [9.17, 15) is 40.9 Å². The molecule has 0 saturated heterocycles. The zero-order valence-electron chi connectivity index (χ0n) is 14.3. The molecular weight excluding hydrogens is 344 g/mol. The predicted octanol–water partition coefficient (Wildman–Crippen LogP) is -2.32. The third kappa shape index (κ3) is 2.39. The molecule has 0 fully saturated rings. The monoisotopic (exact) mass is 370 g/mol. The van der Waals surface area contributed by atoms with Crippen molar-refractivity contribution in [2.45, 2.75) is 5.79 Å². The van der Waals surface area contributed by atoms with Crippen LogP contribution in [0.5, 0.6) is 0 Å². The molecule has 1 aliphatic rings. The Morgan fingerprint density at radius 1 is 0.654 bits per heavy atom. The standard InChI is InChI=1S/C18H26O8/c19-7-15(8-20)6-14(13-4-2-1-3-5-13)16(9-21,10-22)17(11-23,12-24)18(15,25)26/h1-6,19-26H,7-12H2. The molecule has 0 bridgehead atoms. The molecule has 0 unspecified atom stereocenters. The van der Waals surface area contributed by atoms with Gasteiger partial charge in [-0.05, 0) is 11.1 Å². The molecule has 0 saturated carbocycles. The molecular formula is C18H26O8. The Kier molecular flexibility index (Phi) is 5.91. The second-order valence-electron chi connectivity index (χ2n) is 6.87. The lowest BCUT2D eigenvalue weighted by atomic mass is 9.47. The zero-order chi connectivity index (χ0) is 19.6. The molecule has 8 N–H and O–H groups in total. The Balaban J connectivity index is 2.97. The Bertz CT molecular complexity index is 628. The van der Waals surface area contributed by atoms with E-state index in [2.05, 4.69) is 0 Å². The molecule has 26 heavy (non-hydrogen) atoms. The van der Waals surface area contributed by atoms with Crippen molar-refractivity contribution in [1.82, 2.24) is 0 Å². The average Bonchev–Trinajstić information content (AvgIpc) is 2.68. The fourth-order valence-corrected chi connectivity index (χ4v) is 4.02. The number of aliphatic hydroxyl groups is 8. The van der Waals surface area contributed by atoms with E-state index in [0.29, 0.717) is 5.56 Å². The van der Waals surface area contributed by atoms with E-state index in [1.807, 2.05) is 0 Å². The molecule has 0 spiro atoms. The first-order valence-electron chi connectivity index (χ1n) is 8.20. The summed E-state index contributed by atoms with van der Waals surface area (Å²) >= 11 is 0. The van der Waals surface area contributed by atoms with Gasteiger partial charge in [0.2, 0.25) is 0 Å². The smallest absolute Gasteiger partial charge is 0.187 e. The summed E-state index contributed by atoms with van der Waals surface area (Å²) in [5.74, 6) is -3.04. The van der Waals surface area contributed by atoms with Crippen LogP contribution in [0.3, 0.4) is 0 Å². The van der Waals surface area contributed by atoms with Crippen LogP contribution in [0.1, 0.15) is 5.56 Å². The minimum atomic E-state index is -3.04. The van der Waals surface area contributed by atoms with Crippen LogP contribution in [0.25, 0.3) is 5.57 Å². The lowest BCUT2D eigenvalue weighted by Gasteiger charge is -2.62. The number of hydrogen-bond donors (Lipinski definition) is 8. The normalized spacial score (nSPS) is 22.7. The molecule has 0 atom stereocenters. The summed E-state index contributed by atoms with van der Waals surface area (Å²) in [4.78, 5) is 0. The molecule has 1 aromatic rings. The van der Waals surface area contributed by atoms with Gasteiger partial charge in [0, 0.05) is 0 Å². The van der Waals surface area contributed by atoms with Gasteiger partial charge in [-0.25, -0.2) is 0 Å². The summed E-state index contributed by atoms with van der Waals surface area (Å²) in [7, 11) is 0. The van der Waals surface area contributed by atoms with Crippen molar-refractivity contribution < 1.29 is 40.9 Å². The quantitative estimate of drug-likeness (QED) is 0.248. The maximum absolute atomic E-state index is 10.9. The Morgan fingerprint density at radius 3 is 1.54 bits per heavy atom. The van der Waals surface area contributed by atoms with Crippen molar-refractivity contribution in [2.75, 3.05) is 39.6 Å². The van der Waals surface area contributed by atoms with Crippen LogP contribution in [-0.2, 0) is 0 Å². The van der Waals surface area contributed by atoms with Crippen LogP contribution >= 0.6 is 0 Å². The van der Waals surface area contributed by atoms with Crippen LogP contribution in [0.15, 0.2) is 36.4 Å². The molecule has 0 aromatic heterocycles. The van der Waals surface area contributed by atoms with E-state index in [0.717, 1.165) is 0 Å². The van der Waals surface area contributed by atoms with Crippen LogP contribution in [0, 0.1) is 16.2 Å². The molecule has 8 nitrogen and oxygen atoms in total. The second-order valence-corrected chi connectivity index (χ2v) is 6.87. The third-order valence-electron chi connectivity index (χ3n) is 5.94. The van der Waals surface area contributed by atoms with Gasteiger partial charge >= 0.3 is 0 Å². The molecule has 1 aliphatic carbocycles. The summed E-state index contributed by atoms with van der Waals surface area (Å²) in [6.07, 6.45) is 1.19. The van der Waals surface area contributed by atoms with Crippen LogP contribution in [0.2, 0.25) is 0 Å². The predicted molar refractivity (Wildman–Crippen MR) is 91.4 cm³/mol. The molecule has 1 aromatic carbocycles. The van der Waals surface area contributed by atoms with Gasteiger partial charge in [-0.1, -0.05) is 36.4 Å². The van der Waals surface area contributed by atoms with Gasteiger partial charge in [0.25, 0.3) is 0 Å². The van der Waals surface area contributed by atoms with E-state index >= 15 is 0 Å². The fraction of sp³-hybridized carbons (Fsp3) is 0.556. The summed E-state index contributed by atoms with van der Waals surface area (Å²) in [5.41, 5.74) is -5.57. The zero-order valence-corrected chi connectivity index (χ0v) is 14.3. The molecule has 0 radical (unpaired) electrons. The van der Waals surface area contributed by atoms with Gasteiger partial charge in [0.05, 0.1) is 55.9 Å². The average molecular weight is 370 g/mol. The van der Waals surface area contributed by atoms with Crippen LogP contribution < -0.4 is 0 Å². The number of aliphatic hydroxyl groups excluding tert-OH is 6. The Morgan fingerprint density at radius 2 is 1.15 bits per heavy atom. The summed E-state index contributed by atoms with van der Waals surface area (Å²) in [5, 5.41) is 82.0. The van der Waals surface area contributed by atoms with Gasteiger partial charge < -0.3 is 40.9 Å². The largest absolute Gasteiger partial charge is 0.395 e. The number of hydrogen-bond acceptors (Lipinski definition) is 8. The van der Waals surface area contributed by atoms with Crippen molar-refractivity contribution >= 4 is 5.57 Å². The van der Waals surface area contributed by atoms with E-state index in [1.54, 1.807) is 30.3 Å². The van der Waals surface area contributed by atoms with Crippen LogP contribution in [0.4, 0.5) is 0 Å². The molecule has 0 aliphatic heterocycles. The number of rotatable bonds is 7. The molecule has 0 amide bonds. The number of benzene rings is 1. The SMILES string of the molecule is OCC1(CO)C=C(c2ccccc2)C(CO)(CO)C(CO)(CO)C1(O)O. The fourth-order valence-electron chi connectivity index (χ4n) is 4.02. The Labute approximate surface area is 150 Å². The van der Waals surface area contributed by atoms with E-state index in [4.69, 9.17) is 0 Å². The van der Waals surface area contributed by atoms with Crippen molar-refractivity contribution in [3.63, 3.8) is 0 Å². The summed E-state index contributed by atoms with van der Waals surface area (Å²) in [6, 6.07) is 8.34. The molecule has 2 rings (SSSR count). The van der Waals surface area contributed by atoms with Gasteiger partial charge in [0.1, 0.15) is 0 Å². The van der Waals surface area contributed by atoms with Gasteiger partial charge in [-0.2, -0.15) is 0 Å². The second kappa shape index (κ2) is 7.34. The van der Waals surface area contributed by atoms with Crippen molar-refractivity contribution in [1.29, 1.82) is 0 Å². The minimum Gasteiger partial charge on any atom is -0.395 e. The lowest BCUT2D eigenvalue weighted by Crippen LogP contribution is -2.74. The minimum absolute atomic E-state index is 0.174. The van der Waals surface area contributed by atoms with Crippen molar-refractivity contribution in [3.8, 4) is 0 Å². The summed E-state index contributed by atoms with van der Waals surface area (Å²) in [6.45, 7) is -5.57. The summed E-state index contributed by atoms with van der Waals surface area (Å²) < 4.78 is 0. The maximum Gasteiger partial charge on any atom is 0.187 e. The first-order chi connectivity index (χ1) is 12.3. The van der Waals surface area contributed by atoms with Crippen LogP contribution in [-0.4, -0.2) is 86.3 Å². The molecule has 0 heterocycles. The van der Waals surface area contributed by atoms with Crippen molar-refractivity contribution in [3.05, 3.63) is 42.0 Å². The first kappa shape index (κ1) is 20.9. The highest BCUT2D eigenvalue weighted by molar-refractivity contribution is 5.74. The highest BCUT2D eigenvalue weighted by atomic mass is 16.5. The van der Waals surface area contributed by atoms with E-state index in [1.165, 1.54) is 6.08 Å². The highest BCUT2D eigenvalue weighted by Crippen LogP contribution is 2.62. The van der Waals surface area contributed by atoms with Gasteiger partial charge in [-0.15, -0.1) is 0 Å². The van der Waals surface area contributed by atoms with Gasteiger partial charge in [-0.3, -0.25) is 0 Å².